The number of nitriles is 1. The van der Waals surface area contributed by atoms with E-state index in [1.165, 1.54) is 34.7 Å². The van der Waals surface area contributed by atoms with E-state index in [0.717, 1.165) is 17.0 Å². The van der Waals surface area contributed by atoms with Crippen molar-refractivity contribution in [3.05, 3.63) is 64.6 Å². The van der Waals surface area contributed by atoms with Crippen molar-refractivity contribution in [1.82, 2.24) is 14.8 Å². The standard InChI is InChI=1S/C17H15F2N5OS/c1-11-4-12(6-20)16(26-11)22-7-17(25,8-24-10-21-9-23-24)14-3-2-13(18)5-15(14)19/h2-5,9-10,22,25H,7-8H2,1H3. The molecular weight excluding hydrogens is 360 g/mol. The number of nitrogens with one attached hydrogen (secondary N) is 1. The van der Waals surface area contributed by atoms with Gasteiger partial charge in [0.25, 0.3) is 0 Å². The number of halogens is 2. The first-order valence-corrected chi connectivity index (χ1v) is 8.47. The lowest BCUT2D eigenvalue weighted by Gasteiger charge is -2.29. The maximum atomic E-state index is 14.3. The number of aryl methyl sites for hydroxylation is 1. The molecule has 0 amide bonds. The minimum atomic E-state index is -1.74. The molecule has 6 nitrogen and oxygen atoms in total. The molecule has 0 saturated carbocycles. The predicted molar refractivity (Wildman–Crippen MR) is 92.5 cm³/mol. The Hall–Kier alpha value is -2.83. The topological polar surface area (TPSA) is 86.8 Å². The minimum Gasteiger partial charge on any atom is -0.381 e. The molecule has 0 radical (unpaired) electrons. The summed E-state index contributed by atoms with van der Waals surface area (Å²) in [6.45, 7) is 1.65. The maximum absolute atomic E-state index is 14.3. The number of aliphatic hydroxyl groups is 1. The molecule has 2 heterocycles. The quantitative estimate of drug-likeness (QED) is 0.692. The third-order valence-electron chi connectivity index (χ3n) is 3.84. The van der Waals surface area contributed by atoms with E-state index in [4.69, 9.17) is 0 Å². The Morgan fingerprint density at radius 1 is 1.38 bits per heavy atom. The number of aromatic nitrogens is 3. The molecular formula is C17H15F2N5OS. The number of thiophene rings is 1. The van der Waals surface area contributed by atoms with Gasteiger partial charge in [0.1, 0.15) is 41.0 Å². The lowest BCUT2D eigenvalue weighted by atomic mass is 9.93. The van der Waals surface area contributed by atoms with E-state index in [9.17, 15) is 19.1 Å². The molecule has 0 aliphatic rings. The van der Waals surface area contributed by atoms with Crippen LogP contribution in [0.2, 0.25) is 0 Å². The van der Waals surface area contributed by atoms with Gasteiger partial charge in [0, 0.05) is 16.5 Å². The lowest BCUT2D eigenvalue weighted by molar-refractivity contribution is 0.0248. The van der Waals surface area contributed by atoms with Gasteiger partial charge in [-0.3, -0.25) is 0 Å². The van der Waals surface area contributed by atoms with Crippen molar-refractivity contribution in [3.8, 4) is 6.07 Å². The zero-order valence-electron chi connectivity index (χ0n) is 13.8. The zero-order valence-corrected chi connectivity index (χ0v) is 14.6. The van der Waals surface area contributed by atoms with Crippen LogP contribution in [-0.4, -0.2) is 26.4 Å². The number of hydrogen-bond acceptors (Lipinski definition) is 6. The molecule has 134 valence electrons. The fraction of sp³-hybridized carbons (Fsp3) is 0.235. The zero-order chi connectivity index (χ0) is 18.7. The van der Waals surface area contributed by atoms with Gasteiger partial charge < -0.3 is 10.4 Å². The second-order valence-electron chi connectivity index (χ2n) is 5.81. The van der Waals surface area contributed by atoms with E-state index in [0.29, 0.717) is 10.6 Å². The van der Waals surface area contributed by atoms with Crippen molar-refractivity contribution in [1.29, 1.82) is 5.26 Å². The SMILES string of the molecule is Cc1cc(C#N)c(NCC(O)(Cn2cncn2)c2ccc(F)cc2F)s1. The number of hydrogen-bond donors (Lipinski definition) is 2. The summed E-state index contributed by atoms with van der Waals surface area (Å²) in [4.78, 5) is 4.74. The third-order valence-corrected chi connectivity index (χ3v) is 4.85. The molecule has 3 aromatic rings. The van der Waals surface area contributed by atoms with Crippen molar-refractivity contribution < 1.29 is 13.9 Å². The van der Waals surface area contributed by atoms with Crippen molar-refractivity contribution in [3.63, 3.8) is 0 Å². The van der Waals surface area contributed by atoms with Gasteiger partial charge in [0.15, 0.2) is 0 Å². The summed E-state index contributed by atoms with van der Waals surface area (Å²) in [5.41, 5.74) is -1.38. The number of rotatable bonds is 6. The number of benzene rings is 1. The Morgan fingerprint density at radius 3 is 2.85 bits per heavy atom. The minimum absolute atomic E-state index is 0.0753. The molecule has 3 rings (SSSR count). The summed E-state index contributed by atoms with van der Waals surface area (Å²) in [6, 6.07) is 6.80. The van der Waals surface area contributed by atoms with Gasteiger partial charge in [-0.2, -0.15) is 10.4 Å². The van der Waals surface area contributed by atoms with Crippen LogP contribution in [0.3, 0.4) is 0 Å². The second kappa shape index (κ2) is 7.19. The molecule has 2 N–H and O–H groups in total. The van der Waals surface area contributed by atoms with Gasteiger partial charge in [0.05, 0.1) is 18.7 Å². The van der Waals surface area contributed by atoms with Gasteiger partial charge >= 0.3 is 0 Å². The normalized spacial score (nSPS) is 13.2. The summed E-state index contributed by atoms with van der Waals surface area (Å²) in [5.74, 6) is -1.60. The first-order chi connectivity index (χ1) is 12.4. The monoisotopic (exact) mass is 375 g/mol. The van der Waals surface area contributed by atoms with Crippen LogP contribution in [0.5, 0.6) is 0 Å². The fourth-order valence-corrected chi connectivity index (χ4v) is 3.50. The van der Waals surface area contributed by atoms with Crippen LogP contribution in [0, 0.1) is 29.9 Å². The van der Waals surface area contributed by atoms with Crippen LogP contribution in [0.4, 0.5) is 13.8 Å². The molecule has 1 unspecified atom stereocenters. The van der Waals surface area contributed by atoms with E-state index < -0.39 is 17.2 Å². The molecule has 0 fully saturated rings. The van der Waals surface area contributed by atoms with Crippen LogP contribution in [0.15, 0.2) is 36.9 Å². The van der Waals surface area contributed by atoms with Gasteiger partial charge in [-0.1, -0.05) is 6.07 Å². The molecule has 26 heavy (non-hydrogen) atoms. The van der Waals surface area contributed by atoms with E-state index in [-0.39, 0.29) is 18.7 Å². The Bertz CT molecular complexity index is 951. The van der Waals surface area contributed by atoms with Crippen LogP contribution >= 0.6 is 11.3 Å². The summed E-state index contributed by atoms with van der Waals surface area (Å²) < 4.78 is 28.9. The highest BCUT2D eigenvalue weighted by molar-refractivity contribution is 7.16. The van der Waals surface area contributed by atoms with Crippen molar-refractivity contribution in [2.45, 2.75) is 19.1 Å². The highest BCUT2D eigenvalue weighted by Crippen LogP contribution is 2.31. The second-order valence-corrected chi connectivity index (χ2v) is 7.07. The third kappa shape index (κ3) is 3.71. The Morgan fingerprint density at radius 2 is 2.19 bits per heavy atom. The van der Waals surface area contributed by atoms with Gasteiger partial charge in [-0.25, -0.2) is 18.4 Å². The van der Waals surface area contributed by atoms with Crippen LogP contribution in [-0.2, 0) is 12.1 Å². The molecule has 0 saturated heterocycles. The van der Waals surface area contributed by atoms with Crippen molar-refractivity contribution in [2.24, 2.45) is 0 Å². The number of anilines is 1. The lowest BCUT2D eigenvalue weighted by Crippen LogP contribution is -2.39. The molecule has 2 aromatic heterocycles. The molecule has 0 aliphatic heterocycles. The molecule has 9 heteroatoms. The molecule has 1 atom stereocenters. The van der Waals surface area contributed by atoms with Crippen LogP contribution < -0.4 is 5.32 Å². The van der Waals surface area contributed by atoms with E-state index in [1.807, 2.05) is 6.92 Å². The smallest absolute Gasteiger partial charge is 0.137 e. The van der Waals surface area contributed by atoms with Gasteiger partial charge in [0.2, 0.25) is 0 Å². The first-order valence-electron chi connectivity index (χ1n) is 7.66. The Labute approximate surface area is 152 Å². The fourth-order valence-electron chi connectivity index (χ4n) is 2.64. The highest BCUT2D eigenvalue weighted by Gasteiger charge is 2.34. The molecule has 0 spiro atoms. The Balaban J connectivity index is 1.93. The molecule has 1 aromatic carbocycles. The van der Waals surface area contributed by atoms with E-state index in [1.54, 1.807) is 6.07 Å². The molecule has 0 aliphatic carbocycles. The average Bonchev–Trinajstić information content (AvgIpc) is 3.21. The van der Waals surface area contributed by atoms with E-state index in [2.05, 4.69) is 21.5 Å². The van der Waals surface area contributed by atoms with Crippen molar-refractivity contribution in [2.75, 3.05) is 11.9 Å². The summed E-state index contributed by atoms with van der Waals surface area (Å²) in [5, 5.41) is 27.9. The van der Waals surface area contributed by atoms with Crippen LogP contribution in [0.25, 0.3) is 0 Å². The summed E-state index contributed by atoms with van der Waals surface area (Å²) in [7, 11) is 0. The Kier molecular flexibility index (Phi) is 4.97. The summed E-state index contributed by atoms with van der Waals surface area (Å²) in [6.07, 6.45) is 2.69. The van der Waals surface area contributed by atoms with Crippen LogP contribution in [0.1, 0.15) is 16.0 Å². The van der Waals surface area contributed by atoms with E-state index >= 15 is 0 Å². The van der Waals surface area contributed by atoms with Gasteiger partial charge in [-0.15, -0.1) is 11.3 Å². The highest BCUT2D eigenvalue weighted by atomic mass is 32.1. The maximum Gasteiger partial charge on any atom is 0.137 e. The molecule has 0 bridgehead atoms. The largest absolute Gasteiger partial charge is 0.381 e. The first kappa shape index (κ1) is 18.0. The predicted octanol–water partition coefficient (Wildman–Crippen LogP) is 2.80. The van der Waals surface area contributed by atoms with Gasteiger partial charge in [-0.05, 0) is 19.1 Å². The summed E-state index contributed by atoms with van der Waals surface area (Å²) >= 11 is 1.36. The van der Waals surface area contributed by atoms with Crippen molar-refractivity contribution >= 4 is 16.3 Å². The average molecular weight is 375 g/mol. The number of nitrogens with zero attached hydrogens (tertiary/aromatic N) is 4.